The number of nitrogens with zero attached hydrogens (tertiary/aromatic N) is 4. The van der Waals surface area contributed by atoms with E-state index in [1.54, 1.807) is 17.8 Å². The zero-order valence-electron chi connectivity index (χ0n) is 16.4. The quantitative estimate of drug-likeness (QED) is 0.752. The number of rotatable bonds is 2. The molecule has 1 aromatic carbocycles. The monoisotopic (exact) mass is 423 g/mol. The highest BCUT2D eigenvalue weighted by Crippen LogP contribution is 2.30. The highest BCUT2D eigenvalue weighted by atomic mass is 19.2. The predicted octanol–water partition coefficient (Wildman–Crippen LogP) is 3.33. The summed E-state index contributed by atoms with van der Waals surface area (Å²) in [5.74, 6) is -4.25. The molecule has 2 aliphatic rings. The van der Waals surface area contributed by atoms with Crippen molar-refractivity contribution in [2.45, 2.75) is 33.0 Å². The Hall–Kier alpha value is -3.24. The number of urea groups is 1. The summed E-state index contributed by atoms with van der Waals surface area (Å²) in [6.45, 7) is 5.05. The van der Waals surface area contributed by atoms with Crippen LogP contribution in [0.3, 0.4) is 0 Å². The zero-order chi connectivity index (χ0) is 21.6. The molecule has 1 aromatic heterocycles. The molecular weight excluding hydrogens is 403 g/mol. The number of amides is 3. The van der Waals surface area contributed by atoms with Gasteiger partial charge in [0.2, 0.25) is 0 Å². The molecule has 30 heavy (non-hydrogen) atoms. The fourth-order valence-electron chi connectivity index (χ4n) is 3.63. The first-order valence-electron chi connectivity index (χ1n) is 9.45. The van der Waals surface area contributed by atoms with Crippen LogP contribution in [0.5, 0.6) is 0 Å². The normalized spacial score (nSPS) is 21.3. The Morgan fingerprint density at radius 2 is 1.90 bits per heavy atom. The lowest BCUT2D eigenvalue weighted by molar-refractivity contribution is 0.119. The van der Waals surface area contributed by atoms with Gasteiger partial charge >= 0.3 is 12.1 Å². The molecule has 1 saturated heterocycles. The average molecular weight is 423 g/mol. The molecule has 0 saturated carbocycles. The van der Waals surface area contributed by atoms with Crippen LogP contribution in [0, 0.1) is 23.4 Å². The van der Waals surface area contributed by atoms with Crippen molar-refractivity contribution >= 4 is 23.5 Å². The number of cyclic esters (lactones) is 1. The second kappa shape index (κ2) is 7.54. The maximum Gasteiger partial charge on any atom is 0.414 e. The number of nitrogens with one attached hydrogen (secondary N) is 1. The van der Waals surface area contributed by atoms with Crippen molar-refractivity contribution in [1.29, 1.82) is 0 Å². The van der Waals surface area contributed by atoms with E-state index in [9.17, 15) is 22.8 Å². The third kappa shape index (κ3) is 3.55. The van der Waals surface area contributed by atoms with E-state index in [0.717, 1.165) is 0 Å². The van der Waals surface area contributed by atoms with E-state index >= 15 is 0 Å². The fraction of sp³-hybridized carbons (Fsp3) is 0.421. The topological polar surface area (TPSA) is 79.7 Å². The van der Waals surface area contributed by atoms with Gasteiger partial charge in [-0.2, -0.15) is 5.10 Å². The minimum absolute atomic E-state index is 0.118. The lowest BCUT2D eigenvalue weighted by Crippen LogP contribution is -2.48. The third-order valence-electron chi connectivity index (χ3n) is 5.21. The average Bonchev–Trinajstić information content (AvgIpc) is 3.09. The number of ether oxygens (including phenoxy) is 1. The summed E-state index contributed by atoms with van der Waals surface area (Å²) in [5, 5.41) is 6.71. The van der Waals surface area contributed by atoms with Gasteiger partial charge < -0.3 is 15.0 Å². The Labute approximate surface area is 170 Å². The van der Waals surface area contributed by atoms with Crippen LogP contribution in [-0.2, 0) is 17.8 Å². The van der Waals surface area contributed by atoms with E-state index in [0.29, 0.717) is 43.2 Å². The molecule has 0 aliphatic carbocycles. The van der Waals surface area contributed by atoms with Crippen LogP contribution in [0.1, 0.15) is 19.5 Å². The molecule has 4 rings (SSSR count). The minimum atomic E-state index is -1.60. The van der Waals surface area contributed by atoms with Gasteiger partial charge in [0, 0.05) is 30.3 Å². The maximum absolute atomic E-state index is 13.5. The second-order valence-electron chi connectivity index (χ2n) is 7.61. The molecule has 3 amide bonds. The molecule has 11 heteroatoms. The smallest absolute Gasteiger partial charge is 0.414 e. The number of fused-ring (bicyclic) bond motifs is 1. The number of hydrogen-bond donors (Lipinski definition) is 1. The minimum Gasteiger partial charge on any atom is -0.449 e. The summed E-state index contributed by atoms with van der Waals surface area (Å²) in [7, 11) is 0. The van der Waals surface area contributed by atoms with Gasteiger partial charge in [-0.05, 0) is 6.92 Å². The van der Waals surface area contributed by atoms with Gasteiger partial charge in [-0.3, -0.25) is 9.58 Å². The van der Waals surface area contributed by atoms with E-state index in [1.165, 1.54) is 9.80 Å². The molecule has 8 nitrogen and oxygen atoms in total. The number of halogens is 3. The van der Waals surface area contributed by atoms with Crippen LogP contribution < -0.4 is 10.2 Å². The Balaban J connectivity index is 1.56. The van der Waals surface area contributed by atoms with Crippen molar-refractivity contribution < 1.29 is 27.5 Å². The largest absolute Gasteiger partial charge is 0.449 e. The van der Waals surface area contributed by atoms with Gasteiger partial charge in [0.25, 0.3) is 0 Å². The Kier molecular flexibility index (Phi) is 5.04. The van der Waals surface area contributed by atoms with Crippen molar-refractivity contribution in [3.05, 3.63) is 41.5 Å². The van der Waals surface area contributed by atoms with Gasteiger partial charge in [-0.15, -0.1) is 0 Å². The molecule has 2 aromatic rings. The summed E-state index contributed by atoms with van der Waals surface area (Å²) < 4.78 is 46.9. The van der Waals surface area contributed by atoms with Gasteiger partial charge in [0.1, 0.15) is 0 Å². The first-order valence-corrected chi connectivity index (χ1v) is 9.45. The molecule has 1 fully saturated rings. The van der Waals surface area contributed by atoms with Crippen LogP contribution in [0.25, 0.3) is 0 Å². The van der Waals surface area contributed by atoms with Crippen LogP contribution in [0.4, 0.5) is 34.1 Å². The van der Waals surface area contributed by atoms with Crippen molar-refractivity contribution in [3.8, 4) is 0 Å². The van der Waals surface area contributed by atoms with Gasteiger partial charge in [0.05, 0.1) is 43.3 Å². The number of benzene rings is 1. The third-order valence-corrected chi connectivity index (χ3v) is 5.21. The van der Waals surface area contributed by atoms with E-state index in [1.807, 2.05) is 6.92 Å². The van der Waals surface area contributed by atoms with Crippen molar-refractivity contribution in [3.63, 3.8) is 0 Å². The Morgan fingerprint density at radius 3 is 2.60 bits per heavy atom. The molecule has 160 valence electrons. The van der Waals surface area contributed by atoms with Gasteiger partial charge in [-0.25, -0.2) is 22.8 Å². The predicted molar refractivity (Wildman–Crippen MR) is 100 cm³/mol. The van der Waals surface area contributed by atoms with Crippen LogP contribution >= 0.6 is 0 Å². The van der Waals surface area contributed by atoms with Crippen LogP contribution in [0.15, 0.2) is 18.3 Å². The Morgan fingerprint density at radius 1 is 1.20 bits per heavy atom. The summed E-state index contributed by atoms with van der Waals surface area (Å²) in [6.07, 6.45) is 1.09. The summed E-state index contributed by atoms with van der Waals surface area (Å²) in [4.78, 5) is 27.9. The highest BCUT2D eigenvalue weighted by molar-refractivity contribution is 5.91. The molecule has 1 unspecified atom stereocenters. The summed E-state index contributed by atoms with van der Waals surface area (Å²) >= 11 is 0. The summed E-state index contributed by atoms with van der Waals surface area (Å²) in [5.41, 5.74) is 0.997. The first kappa shape index (κ1) is 20.0. The molecule has 2 aliphatic heterocycles. The highest BCUT2D eigenvalue weighted by Gasteiger charge is 2.34. The van der Waals surface area contributed by atoms with Gasteiger partial charge in [-0.1, -0.05) is 6.92 Å². The van der Waals surface area contributed by atoms with Gasteiger partial charge in [0.15, 0.2) is 17.5 Å². The van der Waals surface area contributed by atoms with E-state index in [2.05, 4.69) is 10.4 Å². The molecule has 0 spiro atoms. The molecule has 1 N–H and O–H groups in total. The number of carbonyl (C=O) groups excluding carboxylic acids is 2. The number of anilines is 2. The molecule has 2 atom stereocenters. The molecule has 0 bridgehead atoms. The number of carbonyl (C=O) groups is 2. The molecule has 3 heterocycles. The standard InChI is InChI=1S/C19H20F3N5O3/c1-10-6-26(19(29)30-9-10)15-5-23-27-7-11(2)25(8-16(15)27)18(28)24-12-3-13(20)17(22)14(21)4-12/h3-5,10-11H,6-9H2,1-2H3,(H,24,28)/t10?,11-/m0/s1. The Bertz CT molecular complexity index is 988. The lowest BCUT2D eigenvalue weighted by atomic mass is 10.1. The van der Waals surface area contributed by atoms with Crippen molar-refractivity contribution in [2.75, 3.05) is 23.4 Å². The zero-order valence-corrected chi connectivity index (χ0v) is 16.4. The van der Waals surface area contributed by atoms with E-state index in [-0.39, 0.29) is 24.2 Å². The van der Waals surface area contributed by atoms with Crippen molar-refractivity contribution in [1.82, 2.24) is 14.7 Å². The van der Waals surface area contributed by atoms with Crippen LogP contribution in [0.2, 0.25) is 0 Å². The first-order chi connectivity index (χ1) is 14.2. The van der Waals surface area contributed by atoms with E-state index < -0.39 is 29.6 Å². The fourth-order valence-corrected chi connectivity index (χ4v) is 3.63. The lowest BCUT2D eigenvalue weighted by Gasteiger charge is -2.36. The summed E-state index contributed by atoms with van der Waals surface area (Å²) in [6, 6.07) is 0.533. The van der Waals surface area contributed by atoms with Crippen molar-refractivity contribution in [2.24, 2.45) is 5.92 Å². The maximum atomic E-state index is 13.5. The van der Waals surface area contributed by atoms with Crippen LogP contribution in [-0.4, -0.2) is 46.0 Å². The number of aromatic nitrogens is 2. The number of hydrogen-bond acceptors (Lipinski definition) is 4. The van der Waals surface area contributed by atoms with E-state index in [4.69, 9.17) is 4.74 Å². The molecule has 0 radical (unpaired) electrons. The SMILES string of the molecule is CC1COC(=O)N(c2cnn3c2CN(C(=O)Nc2cc(F)c(F)c(F)c2)[C@@H](C)C3)C1. The second-order valence-corrected chi connectivity index (χ2v) is 7.61. The molecular formula is C19H20F3N5O3.